The molecule has 4 heteroatoms. The van der Waals surface area contributed by atoms with E-state index in [1.54, 1.807) is 0 Å². The fourth-order valence-corrected chi connectivity index (χ4v) is 1.85. The van der Waals surface area contributed by atoms with Crippen LogP contribution < -0.4 is 5.32 Å². The van der Waals surface area contributed by atoms with Gasteiger partial charge in [-0.1, -0.05) is 29.3 Å². The smallest absolute Gasteiger partial charge is 0.225 e. The minimum absolute atomic E-state index is 0.0701. The number of hydrogen-bond acceptors (Lipinski definition) is 2. The molecule has 0 fully saturated rings. The number of nitrogens with zero attached hydrogens (tertiary/aromatic N) is 1. The van der Waals surface area contributed by atoms with Gasteiger partial charge in [0, 0.05) is 23.1 Å². The van der Waals surface area contributed by atoms with E-state index in [0.29, 0.717) is 6.42 Å². The first-order valence-electron chi connectivity index (χ1n) is 6.35. The minimum atomic E-state index is 0.0701. The summed E-state index contributed by atoms with van der Waals surface area (Å²) in [5.41, 5.74) is 0.847. The van der Waals surface area contributed by atoms with Crippen molar-refractivity contribution in [3.63, 3.8) is 0 Å². The second-order valence-corrected chi connectivity index (χ2v) is 5.38. The van der Waals surface area contributed by atoms with E-state index >= 15 is 0 Å². The summed E-state index contributed by atoms with van der Waals surface area (Å²) < 4.78 is 1.01. The zero-order valence-electron chi connectivity index (χ0n) is 11.1. The Bertz CT molecular complexity index is 365. The van der Waals surface area contributed by atoms with E-state index in [-0.39, 0.29) is 5.91 Å². The molecule has 1 rings (SSSR count). The van der Waals surface area contributed by atoms with Gasteiger partial charge in [0.25, 0.3) is 0 Å². The first-order valence-corrected chi connectivity index (χ1v) is 7.15. The molecule has 100 valence electrons. The predicted molar refractivity (Wildman–Crippen MR) is 79.8 cm³/mol. The topological polar surface area (TPSA) is 32.3 Å². The van der Waals surface area contributed by atoms with Crippen molar-refractivity contribution in [2.45, 2.75) is 26.2 Å². The van der Waals surface area contributed by atoms with Crippen molar-refractivity contribution in [3.8, 4) is 0 Å². The van der Waals surface area contributed by atoms with Gasteiger partial charge in [0.05, 0.1) is 0 Å². The molecular formula is C14H21BrN2O. The third-order valence-corrected chi connectivity index (χ3v) is 3.27. The number of anilines is 1. The molecule has 0 aliphatic heterocycles. The highest BCUT2D eigenvalue weighted by Gasteiger charge is 2.04. The molecular weight excluding hydrogens is 292 g/mol. The fourth-order valence-electron chi connectivity index (χ4n) is 1.59. The molecule has 3 nitrogen and oxygen atoms in total. The van der Waals surface area contributed by atoms with E-state index in [1.807, 2.05) is 24.3 Å². The van der Waals surface area contributed by atoms with Crippen LogP contribution >= 0.6 is 15.9 Å². The number of rotatable bonds is 7. The number of nitrogens with one attached hydrogen (secondary N) is 1. The standard InChI is InChI=1S/C14H21BrN2O/c1-3-4-10-17(2)11-9-14(18)16-13-7-5-12(15)6-8-13/h5-8H,3-4,9-11H2,1-2H3,(H,16,18). The molecule has 0 radical (unpaired) electrons. The van der Waals surface area contributed by atoms with Crippen molar-refractivity contribution < 1.29 is 4.79 Å². The summed E-state index contributed by atoms with van der Waals surface area (Å²) in [7, 11) is 2.06. The summed E-state index contributed by atoms with van der Waals surface area (Å²) in [4.78, 5) is 13.9. The number of carbonyl (C=O) groups excluding carboxylic acids is 1. The second kappa shape index (κ2) is 8.27. The van der Waals surface area contributed by atoms with E-state index in [4.69, 9.17) is 0 Å². The van der Waals surface area contributed by atoms with Crippen molar-refractivity contribution in [1.29, 1.82) is 0 Å². The summed E-state index contributed by atoms with van der Waals surface area (Å²) in [6.07, 6.45) is 2.91. The van der Waals surface area contributed by atoms with Crippen molar-refractivity contribution >= 4 is 27.5 Å². The van der Waals surface area contributed by atoms with Gasteiger partial charge >= 0.3 is 0 Å². The first kappa shape index (κ1) is 15.2. The molecule has 0 aliphatic carbocycles. The van der Waals surface area contributed by atoms with E-state index < -0.39 is 0 Å². The van der Waals surface area contributed by atoms with Gasteiger partial charge in [0.1, 0.15) is 0 Å². The Hall–Kier alpha value is -0.870. The lowest BCUT2D eigenvalue weighted by molar-refractivity contribution is -0.116. The third-order valence-electron chi connectivity index (χ3n) is 2.74. The van der Waals surface area contributed by atoms with Crippen LogP contribution in [-0.4, -0.2) is 30.9 Å². The van der Waals surface area contributed by atoms with Gasteiger partial charge in [0.2, 0.25) is 5.91 Å². The monoisotopic (exact) mass is 312 g/mol. The Labute approximate surface area is 118 Å². The van der Waals surface area contributed by atoms with Gasteiger partial charge in [-0.05, 0) is 44.3 Å². The molecule has 0 atom stereocenters. The van der Waals surface area contributed by atoms with Crippen molar-refractivity contribution in [1.82, 2.24) is 4.90 Å². The van der Waals surface area contributed by atoms with E-state index in [1.165, 1.54) is 12.8 Å². The number of hydrogen-bond donors (Lipinski definition) is 1. The summed E-state index contributed by atoms with van der Waals surface area (Å²) in [6.45, 7) is 4.04. The Morgan fingerprint density at radius 2 is 1.94 bits per heavy atom. The van der Waals surface area contributed by atoms with Crippen LogP contribution in [0.1, 0.15) is 26.2 Å². The first-order chi connectivity index (χ1) is 8.61. The van der Waals surface area contributed by atoms with Gasteiger partial charge in [-0.15, -0.1) is 0 Å². The maximum atomic E-state index is 11.7. The fraction of sp³-hybridized carbons (Fsp3) is 0.500. The number of benzene rings is 1. The third kappa shape index (κ3) is 6.17. The second-order valence-electron chi connectivity index (χ2n) is 4.46. The molecule has 1 amide bonds. The number of carbonyl (C=O) groups is 1. The van der Waals surface area contributed by atoms with E-state index in [2.05, 4.69) is 40.1 Å². The van der Waals surface area contributed by atoms with Gasteiger partial charge in [-0.2, -0.15) is 0 Å². The number of amides is 1. The number of halogens is 1. The van der Waals surface area contributed by atoms with Gasteiger partial charge in [0.15, 0.2) is 0 Å². The quantitative estimate of drug-likeness (QED) is 0.835. The van der Waals surface area contributed by atoms with Gasteiger partial charge in [-0.3, -0.25) is 4.79 Å². The minimum Gasteiger partial charge on any atom is -0.326 e. The van der Waals surface area contributed by atoms with Crippen LogP contribution in [0.25, 0.3) is 0 Å². The van der Waals surface area contributed by atoms with Gasteiger partial charge in [-0.25, -0.2) is 0 Å². The predicted octanol–water partition coefficient (Wildman–Crippen LogP) is 3.51. The highest BCUT2D eigenvalue weighted by atomic mass is 79.9. The molecule has 0 saturated carbocycles. The average molecular weight is 313 g/mol. The van der Waals surface area contributed by atoms with Crippen LogP contribution in [0.5, 0.6) is 0 Å². The maximum Gasteiger partial charge on any atom is 0.225 e. The van der Waals surface area contributed by atoms with Crippen LogP contribution in [0.3, 0.4) is 0 Å². The zero-order valence-corrected chi connectivity index (χ0v) is 12.7. The lowest BCUT2D eigenvalue weighted by atomic mass is 10.3. The molecule has 0 unspecified atom stereocenters. The molecule has 0 bridgehead atoms. The highest BCUT2D eigenvalue weighted by molar-refractivity contribution is 9.10. The zero-order chi connectivity index (χ0) is 13.4. The molecule has 18 heavy (non-hydrogen) atoms. The number of unbranched alkanes of at least 4 members (excludes halogenated alkanes) is 1. The Morgan fingerprint density at radius 1 is 1.28 bits per heavy atom. The summed E-state index contributed by atoms with van der Waals surface area (Å²) in [5.74, 6) is 0.0701. The lowest BCUT2D eigenvalue weighted by Gasteiger charge is -2.15. The van der Waals surface area contributed by atoms with Crippen molar-refractivity contribution in [2.24, 2.45) is 0 Å². The Kier molecular flexibility index (Phi) is 6.98. The van der Waals surface area contributed by atoms with Crippen molar-refractivity contribution in [2.75, 3.05) is 25.5 Å². The normalized spacial score (nSPS) is 10.7. The maximum absolute atomic E-state index is 11.7. The molecule has 0 aliphatic rings. The highest BCUT2D eigenvalue weighted by Crippen LogP contribution is 2.14. The molecule has 0 heterocycles. The van der Waals surface area contributed by atoms with Gasteiger partial charge < -0.3 is 10.2 Å². The molecule has 0 saturated heterocycles. The van der Waals surface area contributed by atoms with E-state index in [9.17, 15) is 4.79 Å². The van der Waals surface area contributed by atoms with Crippen molar-refractivity contribution in [3.05, 3.63) is 28.7 Å². The molecule has 1 aromatic rings. The summed E-state index contributed by atoms with van der Waals surface area (Å²) in [6, 6.07) is 7.62. The molecule has 0 spiro atoms. The molecule has 0 aromatic heterocycles. The van der Waals surface area contributed by atoms with Crippen LogP contribution in [0.2, 0.25) is 0 Å². The molecule has 1 aromatic carbocycles. The van der Waals surface area contributed by atoms with Crippen LogP contribution in [0.15, 0.2) is 28.7 Å². The largest absolute Gasteiger partial charge is 0.326 e. The summed E-state index contributed by atoms with van der Waals surface area (Å²) >= 11 is 3.37. The Morgan fingerprint density at radius 3 is 2.56 bits per heavy atom. The lowest BCUT2D eigenvalue weighted by Crippen LogP contribution is -2.25. The van der Waals surface area contributed by atoms with Crippen LogP contribution in [-0.2, 0) is 4.79 Å². The average Bonchev–Trinajstić information content (AvgIpc) is 2.36. The van der Waals surface area contributed by atoms with Crippen LogP contribution in [0, 0.1) is 0 Å². The Balaban J connectivity index is 2.27. The SMILES string of the molecule is CCCCN(C)CCC(=O)Nc1ccc(Br)cc1. The summed E-state index contributed by atoms with van der Waals surface area (Å²) in [5, 5.41) is 2.89. The van der Waals surface area contributed by atoms with Crippen LogP contribution in [0.4, 0.5) is 5.69 Å². The van der Waals surface area contributed by atoms with E-state index in [0.717, 1.165) is 23.2 Å². The molecule has 1 N–H and O–H groups in total.